The molecular formula is C106H138B2BrN9O16P. The first-order chi connectivity index (χ1) is 63.0. The number of hydrogen-bond acceptors (Lipinski definition) is 19. The third-order valence-electron chi connectivity index (χ3n) is 29.3. The molecule has 7 aromatic carbocycles. The monoisotopic (exact) mass is 1930 g/mol. The van der Waals surface area contributed by atoms with Gasteiger partial charge in [-0.25, -0.2) is 0 Å². The van der Waals surface area contributed by atoms with Crippen molar-refractivity contribution in [1.29, 1.82) is 0 Å². The molecule has 6 aromatic heterocycles. The lowest BCUT2D eigenvalue weighted by Crippen LogP contribution is -2.58. The molecule has 19 rings (SSSR count). The third-order valence-corrected chi connectivity index (χ3v) is 31.9. The van der Waals surface area contributed by atoms with Crippen LogP contribution < -0.4 is 38.6 Å². The number of fused-ring (bicyclic) bond motifs is 10. The first-order valence-corrected chi connectivity index (χ1v) is 48.8. The lowest BCUT2D eigenvalue weighted by Gasteiger charge is -2.56. The Balaban J connectivity index is 0.000000159. The zero-order chi connectivity index (χ0) is 95.7. The summed E-state index contributed by atoms with van der Waals surface area (Å²) in [5, 5.41) is 40.9. The number of ether oxygens (including phenoxy) is 8. The van der Waals surface area contributed by atoms with Crippen LogP contribution in [0.15, 0.2) is 139 Å². The number of aryl methyl sites for hydroxylation is 7. The van der Waals surface area contributed by atoms with Gasteiger partial charge in [0.2, 0.25) is 0 Å². The molecule has 3 fully saturated rings. The SMILES string of the molecule is C.CCOP(=O)(Cc1cc2c(c(OCOC)c1)O[C@]1(C)CC[C@@H](C)C(C)(C)[C@H]1C2)OCC.COc1cc(/C=C/c2cc(O)c3c(c2)C[C@@H]2C(C)(C)[C@H](O)CC[C@@]2(C)O3)cc2c1c(C1CCCc3nn(C)cc31)cn2C.COc1cc(C(C)=O)cc2c1c(Br)cn2C.COc1cc(OC)c2c(-c3cccc4nn(C)cc34)cn(C)c2c1.Cn1cc2c(B3OC(C)(C)C(C)(C)O3)cccc2n1.[2HH].[B]. The summed E-state index contributed by atoms with van der Waals surface area (Å²) in [5.41, 5.74) is 16.4. The number of halogens is 1. The summed E-state index contributed by atoms with van der Waals surface area (Å²) in [6, 6.07) is 32.1. The molecule has 2 N–H and O–H groups in total. The second kappa shape index (κ2) is 40.0. The van der Waals surface area contributed by atoms with E-state index >= 15 is 0 Å². The second-order valence-electron chi connectivity index (χ2n) is 39.3. The fourth-order valence-electron chi connectivity index (χ4n) is 21.1. The average Bonchev–Trinajstić information content (AvgIpc) is 1.15. The molecule has 6 aliphatic rings. The minimum Gasteiger partial charge on any atom is -0.504 e. The van der Waals surface area contributed by atoms with E-state index in [9.17, 15) is 19.6 Å². The van der Waals surface area contributed by atoms with E-state index in [0.29, 0.717) is 54.5 Å². The van der Waals surface area contributed by atoms with Crippen molar-refractivity contribution in [1.82, 2.24) is 43.0 Å². The van der Waals surface area contributed by atoms with Crippen molar-refractivity contribution in [2.24, 2.45) is 70.9 Å². The van der Waals surface area contributed by atoms with Gasteiger partial charge in [0.25, 0.3) is 0 Å². The summed E-state index contributed by atoms with van der Waals surface area (Å²) < 4.78 is 95.9. The van der Waals surface area contributed by atoms with Crippen molar-refractivity contribution in [3.63, 3.8) is 0 Å². The number of aliphatic hydroxyl groups excluding tert-OH is 1. The Kier molecular flexibility index (Phi) is 30.3. The molecule has 25 nitrogen and oxygen atoms in total. The van der Waals surface area contributed by atoms with Gasteiger partial charge in [0.15, 0.2) is 35.6 Å². The molecule has 7 atom stereocenters. The summed E-state index contributed by atoms with van der Waals surface area (Å²) in [6.45, 7) is 30.0. The number of aromatic nitrogens is 9. The molecule has 135 heavy (non-hydrogen) atoms. The minimum absolute atomic E-state index is 0. The van der Waals surface area contributed by atoms with Crippen LogP contribution in [0.2, 0.25) is 0 Å². The number of carbonyl (C=O) groups excluding carboxylic acids is 1. The number of Topliss-reactive ketones (excluding diaryl/α,β-unsaturated/α-hetero) is 1. The maximum atomic E-state index is 13.2. The van der Waals surface area contributed by atoms with E-state index in [0.717, 1.165) is 184 Å². The first kappa shape index (κ1) is 102. The Labute approximate surface area is 807 Å². The molecule has 721 valence electrons. The summed E-state index contributed by atoms with van der Waals surface area (Å²) in [4.78, 5) is 11.4. The van der Waals surface area contributed by atoms with Gasteiger partial charge in [0.1, 0.15) is 34.2 Å². The van der Waals surface area contributed by atoms with Crippen LogP contribution in [0.25, 0.3) is 77.8 Å². The molecule has 0 amide bonds. The van der Waals surface area contributed by atoms with Crippen molar-refractivity contribution in [2.75, 3.05) is 55.6 Å². The van der Waals surface area contributed by atoms with Crippen LogP contribution in [-0.2, 0) is 95.4 Å². The van der Waals surface area contributed by atoms with Crippen LogP contribution >= 0.6 is 23.5 Å². The first-order valence-electron chi connectivity index (χ1n) is 46.2. The summed E-state index contributed by atoms with van der Waals surface area (Å²) in [7, 11) is 16.7. The molecule has 1 saturated heterocycles. The molecule has 3 aliphatic heterocycles. The van der Waals surface area contributed by atoms with Crippen molar-refractivity contribution in [3.05, 3.63) is 189 Å². The van der Waals surface area contributed by atoms with Crippen molar-refractivity contribution >= 4 is 117 Å². The van der Waals surface area contributed by atoms with Crippen LogP contribution in [-0.4, -0.2) is 159 Å². The highest BCUT2D eigenvalue weighted by atomic mass is 79.9. The van der Waals surface area contributed by atoms with Gasteiger partial charge in [-0.1, -0.05) is 84.5 Å². The second-order valence-corrected chi connectivity index (χ2v) is 42.3. The smallest absolute Gasteiger partial charge is 0.495 e. The van der Waals surface area contributed by atoms with Crippen LogP contribution in [0, 0.1) is 28.6 Å². The number of methoxy groups -OCH3 is 5. The molecule has 9 heterocycles. The van der Waals surface area contributed by atoms with Gasteiger partial charge in [-0.05, 0) is 252 Å². The zero-order valence-corrected chi connectivity index (χ0v) is 85.0. The number of phenols is 1. The molecule has 3 aliphatic carbocycles. The van der Waals surface area contributed by atoms with Crippen molar-refractivity contribution in [2.45, 2.75) is 203 Å². The Morgan fingerprint density at radius 1 is 0.600 bits per heavy atom. The van der Waals surface area contributed by atoms with Gasteiger partial charge in [-0.15, -0.1) is 0 Å². The predicted molar refractivity (Wildman–Crippen MR) is 546 cm³/mol. The summed E-state index contributed by atoms with van der Waals surface area (Å²) in [6.07, 6.45) is 25.1. The van der Waals surface area contributed by atoms with Crippen LogP contribution in [0.1, 0.15) is 205 Å². The van der Waals surface area contributed by atoms with E-state index in [1.165, 1.54) is 16.8 Å². The standard InChI is InChI=1S/C36H43N3O4.C24H39O6P.C19H19N3O2.C14H19BN2O2.C12H12BrNO2.CH4.B.H2/c1-35(2)31-18-23-14-21(16-29(40)34(23)43-36(31,3)13-12-32(35)41)10-11-22-15-28-33(30(17-22)42-6)26(19-38(28)4)24-8-7-9-27-25(24)20-39(5)37-27;1-8-28-31(25,29-9-2)15-18-12-19-14-21-23(4,5)17(3)10-11-24(21,6)30-22(19)20(13-18)27-16-26-7;1-21-10-15(13-6-5-7-16-14(13)11-22(2)20-16)19-17(21)8-12(23-3)9-18(19)24-4;1-13(2)14(3,4)19-15(18-13)11-7-6-8-12-10(11)9-17(5)16-12;1-7(15)8-4-10-12(11(5-8)16-3)9(13)6-14(10)2;;;/h10-11,14-17,19-20,24,31-32,40-41H,7-9,12-13,18H2,1-6H3;12-13,17,21H,8-11,14-16H2,1-7H3;5-11H,1-4H3;6-9H,1-5H3;4-6H,1-3H3;1H4;;1H/b11-10+;;;;;;;/t24?,31-,32-,36-;17-,21-,24-;;;;;;/m11....../s1/i;;;;;;;1+1. The normalized spacial score (nSPS) is 20.9. The molecule has 0 spiro atoms. The maximum absolute atomic E-state index is 13.2. The summed E-state index contributed by atoms with van der Waals surface area (Å²) in [5.74, 6) is 6.84. The molecular weight excluding hydrogens is 1790 g/mol. The van der Waals surface area contributed by atoms with Gasteiger partial charge in [0.05, 0.1) is 104 Å². The highest BCUT2D eigenvalue weighted by molar-refractivity contribution is 9.10. The van der Waals surface area contributed by atoms with E-state index in [1.54, 1.807) is 54.6 Å². The van der Waals surface area contributed by atoms with E-state index in [2.05, 4.69) is 180 Å². The quantitative estimate of drug-likeness (QED) is 0.0251. The number of aliphatic hydroxyl groups is 1. The average molecular weight is 1930 g/mol. The third kappa shape index (κ3) is 20.0. The summed E-state index contributed by atoms with van der Waals surface area (Å²) >= 11 is 3.49. The van der Waals surface area contributed by atoms with Gasteiger partial charge in [0, 0.05) is 169 Å². The molecule has 29 heteroatoms. The zero-order valence-electron chi connectivity index (χ0n) is 82.6. The predicted octanol–water partition coefficient (Wildman–Crippen LogP) is 22.2. The van der Waals surface area contributed by atoms with E-state index < -0.39 is 13.2 Å². The van der Waals surface area contributed by atoms with Crippen molar-refractivity contribution in [3.8, 4) is 57.1 Å². The maximum Gasteiger partial charge on any atom is 0.495 e. The van der Waals surface area contributed by atoms with Crippen LogP contribution in [0.5, 0.6) is 46.0 Å². The number of benzene rings is 7. The minimum atomic E-state index is -3.23. The Morgan fingerprint density at radius 2 is 1.16 bits per heavy atom. The molecule has 1 unspecified atom stereocenters. The Morgan fingerprint density at radius 3 is 1.80 bits per heavy atom. The van der Waals surface area contributed by atoms with Crippen LogP contribution in [0.4, 0.5) is 0 Å². The highest BCUT2D eigenvalue weighted by Gasteiger charge is 2.57. The number of carbonyl (C=O) groups is 1. The fourth-order valence-corrected chi connectivity index (χ4v) is 23.5. The van der Waals surface area contributed by atoms with Gasteiger partial charge in [-0.3, -0.25) is 23.4 Å². The van der Waals surface area contributed by atoms with Crippen LogP contribution in [0.3, 0.4) is 0 Å². The van der Waals surface area contributed by atoms with Gasteiger partial charge in [-0.2, -0.15) is 15.3 Å². The lowest BCUT2D eigenvalue weighted by molar-refractivity contribution is -0.138. The molecule has 0 bridgehead atoms. The molecule has 13 aromatic rings. The highest BCUT2D eigenvalue weighted by Crippen LogP contribution is 2.60. The molecule has 3 radical (unpaired) electrons. The largest absolute Gasteiger partial charge is 0.504 e. The van der Waals surface area contributed by atoms with Crippen molar-refractivity contribution < 1.29 is 77.3 Å². The number of nitrogens with zero attached hydrogens (tertiary/aromatic N) is 9. The van der Waals surface area contributed by atoms with E-state index in [-0.39, 0.29) is 88.5 Å². The number of ketones is 1. The number of rotatable bonds is 19. The molecule has 2 saturated carbocycles. The number of phenolic OH excluding ortho intramolecular Hbond substituents is 1. The van der Waals surface area contributed by atoms with Gasteiger partial charge < -0.3 is 80.2 Å². The van der Waals surface area contributed by atoms with E-state index in [4.69, 9.17) is 61.3 Å². The topological polar surface area (TPSA) is 254 Å². The Bertz CT molecular complexity index is 6600. The van der Waals surface area contributed by atoms with E-state index in [1.807, 2.05) is 141 Å². The van der Waals surface area contributed by atoms with Gasteiger partial charge >= 0.3 is 14.7 Å². The fraction of sp³-hybridized carbons (Fsp3) is 0.472. The number of aromatic hydroxyl groups is 1. The lowest BCUT2D eigenvalue weighted by atomic mass is 9.55. The number of hydrogen-bond donors (Lipinski definition) is 2. The Hall–Kier alpha value is -10.3.